The topological polar surface area (TPSA) is 57.5 Å². The molecule has 6 heteroatoms. The van der Waals surface area contributed by atoms with Crippen molar-refractivity contribution >= 4 is 5.97 Å². The number of aliphatic carboxylic acids is 1. The molecule has 0 fully saturated rings. The molecule has 0 aliphatic carbocycles. The van der Waals surface area contributed by atoms with Gasteiger partial charge in [0.05, 0.1) is 11.5 Å². The van der Waals surface area contributed by atoms with Crippen LogP contribution in [0.5, 0.6) is 5.75 Å². The largest absolute Gasteiger partial charge is 0.508 e. The molecule has 0 saturated heterocycles. The third-order valence-electron chi connectivity index (χ3n) is 2.14. The first kappa shape index (κ1) is 12.4. The number of hydrogen-bond donors (Lipinski definition) is 2. The molecular formula is C10H9F3O3. The van der Waals surface area contributed by atoms with E-state index >= 15 is 0 Å². The molecule has 3 nitrogen and oxygen atoms in total. The van der Waals surface area contributed by atoms with Crippen LogP contribution in [-0.2, 0) is 11.0 Å². The quantitative estimate of drug-likeness (QED) is 0.826. The number of alkyl halides is 3. The van der Waals surface area contributed by atoms with E-state index in [9.17, 15) is 18.0 Å². The Kier molecular flexibility index (Phi) is 3.11. The van der Waals surface area contributed by atoms with Gasteiger partial charge in [-0.1, -0.05) is 0 Å². The van der Waals surface area contributed by atoms with Crippen molar-refractivity contribution < 1.29 is 28.2 Å². The third-order valence-corrected chi connectivity index (χ3v) is 2.14. The maximum Gasteiger partial charge on any atom is 0.416 e. The minimum Gasteiger partial charge on any atom is -0.508 e. The van der Waals surface area contributed by atoms with Crippen LogP contribution in [0, 0.1) is 0 Å². The molecule has 0 saturated carbocycles. The summed E-state index contributed by atoms with van der Waals surface area (Å²) in [6, 6.07) is 2.28. The van der Waals surface area contributed by atoms with Crippen LogP contribution < -0.4 is 0 Å². The van der Waals surface area contributed by atoms with E-state index in [1.54, 1.807) is 0 Å². The maximum atomic E-state index is 12.4. The molecule has 1 rings (SSSR count). The molecular weight excluding hydrogens is 225 g/mol. The minimum absolute atomic E-state index is 0.0835. The van der Waals surface area contributed by atoms with Gasteiger partial charge in [0.1, 0.15) is 5.75 Å². The Balaban J connectivity index is 3.23. The second-order valence-electron chi connectivity index (χ2n) is 3.37. The molecule has 1 aromatic carbocycles. The van der Waals surface area contributed by atoms with Gasteiger partial charge in [-0.25, -0.2) is 0 Å². The molecule has 1 aromatic rings. The zero-order valence-corrected chi connectivity index (χ0v) is 8.25. The first-order chi connectivity index (χ1) is 7.21. The van der Waals surface area contributed by atoms with Gasteiger partial charge in [-0.15, -0.1) is 0 Å². The minimum atomic E-state index is -4.61. The van der Waals surface area contributed by atoms with E-state index in [1.165, 1.54) is 6.92 Å². The second kappa shape index (κ2) is 4.03. The van der Waals surface area contributed by atoms with Crippen molar-refractivity contribution in [1.29, 1.82) is 0 Å². The summed E-state index contributed by atoms with van der Waals surface area (Å²) >= 11 is 0. The molecule has 0 aromatic heterocycles. The van der Waals surface area contributed by atoms with Crippen LogP contribution in [-0.4, -0.2) is 16.2 Å². The number of carboxylic acids is 1. The van der Waals surface area contributed by atoms with E-state index in [2.05, 4.69) is 0 Å². The lowest BCUT2D eigenvalue weighted by atomic mass is 9.98. The monoisotopic (exact) mass is 234 g/mol. The number of benzene rings is 1. The van der Waals surface area contributed by atoms with E-state index in [0.717, 1.165) is 12.1 Å². The average molecular weight is 234 g/mol. The first-order valence-corrected chi connectivity index (χ1v) is 4.36. The molecule has 16 heavy (non-hydrogen) atoms. The van der Waals surface area contributed by atoms with Crippen LogP contribution >= 0.6 is 0 Å². The molecule has 1 unspecified atom stereocenters. The van der Waals surface area contributed by atoms with Gasteiger partial charge in [0.15, 0.2) is 0 Å². The maximum absolute atomic E-state index is 12.4. The number of rotatable bonds is 2. The van der Waals surface area contributed by atoms with Crippen molar-refractivity contribution in [1.82, 2.24) is 0 Å². The number of carboxylic acid groups (broad SMARTS) is 1. The number of phenolic OH excluding ortho intramolecular Hbond substituents is 1. The van der Waals surface area contributed by atoms with Gasteiger partial charge in [-0.05, 0) is 30.7 Å². The highest BCUT2D eigenvalue weighted by Crippen LogP contribution is 2.34. The number of hydrogen-bond acceptors (Lipinski definition) is 2. The van der Waals surface area contributed by atoms with Gasteiger partial charge in [0, 0.05) is 0 Å². The van der Waals surface area contributed by atoms with Crippen molar-refractivity contribution in [3.63, 3.8) is 0 Å². The standard InChI is InChI=1S/C10H9F3O3/c1-5(9(15)16)6-2-7(10(11,12)13)4-8(14)3-6/h2-5,14H,1H3,(H,15,16). The van der Waals surface area contributed by atoms with Crippen LogP contribution in [0.25, 0.3) is 0 Å². The van der Waals surface area contributed by atoms with Crippen LogP contribution in [0.3, 0.4) is 0 Å². The zero-order chi connectivity index (χ0) is 12.5. The number of halogens is 3. The zero-order valence-electron chi connectivity index (χ0n) is 8.25. The molecule has 0 heterocycles. The van der Waals surface area contributed by atoms with E-state index in [0.29, 0.717) is 6.07 Å². The van der Waals surface area contributed by atoms with Gasteiger partial charge >= 0.3 is 12.1 Å². The van der Waals surface area contributed by atoms with E-state index in [4.69, 9.17) is 10.2 Å². The SMILES string of the molecule is CC(C(=O)O)c1cc(O)cc(C(F)(F)F)c1. The normalized spacial score (nSPS) is 13.5. The van der Waals surface area contributed by atoms with Crippen molar-refractivity contribution in [3.8, 4) is 5.75 Å². The molecule has 88 valence electrons. The molecule has 2 N–H and O–H groups in total. The fourth-order valence-corrected chi connectivity index (χ4v) is 1.19. The summed E-state index contributed by atoms with van der Waals surface area (Å²) < 4.78 is 37.1. The van der Waals surface area contributed by atoms with Crippen LogP contribution in [0.2, 0.25) is 0 Å². The highest BCUT2D eigenvalue weighted by molar-refractivity contribution is 5.75. The van der Waals surface area contributed by atoms with Gasteiger partial charge < -0.3 is 10.2 Å². The molecule has 0 aliphatic rings. The average Bonchev–Trinajstić information content (AvgIpc) is 2.14. The summed E-state index contributed by atoms with van der Waals surface area (Å²) in [6.07, 6.45) is -4.61. The van der Waals surface area contributed by atoms with E-state index in [1.807, 2.05) is 0 Å². The first-order valence-electron chi connectivity index (χ1n) is 4.36. The van der Waals surface area contributed by atoms with Crippen LogP contribution in [0.4, 0.5) is 13.2 Å². The summed E-state index contributed by atoms with van der Waals surface area (Å²) in [5.74, 6) is -2.95. The van der Waals surface area contributed by atoms with Crippen molar-refractivity contribution in [2.45, 2.75) is 19.0 Å². The van der Waals surface area contributed by atoms with Gasteiger partial charge in [-0.3, -0.25) is 4.79 Å². The van der Waals surface area contributed by atoms with Crippen molar-refractivity contribution in [2.24, 2.45) is 0 Å². The van der Waals surface area contributed by atoms with Crippen LogP contribution in [0.1, 0.15) is 24.0 Å². The van der Waals surface area contributed by atoms with Crippen molar-refractivity contribution in [2.75, 3.05) is 0 Å². The lowest BCUT2D eigenvalue weighted by molar-refractivity contribution is -0.140. The molecule has 0 spiro atoms. The number of carbonyl (C=O) groups is 1. The smallest absolute Gasteiger partial charge is 0.416 e. The van der Waals surface area contributed by atoms with Gasteiger partial charge in [0.2, 0.25) is 0 Å². The summed E-state index contributed by atoms with van der Waals surface area (Å²) in [6.45, 7) is 1.25. The molecule has 1 atom stereocenters. The Hall–Kier alpha value is -1.72. The highest BCUT2D eigenvalue weighted by atomic mass is 19.4. The Morgan fingerprint density at radius 2 is 1.88 bits per heavy atom. The Bertz CT molecular complexity index is 412. The Labute approximate surface area is 89.1 Å². The molecule has 0 radical (unpaired) electrons. The summed E-state index contributed by atoms with van der Waals surface area (Å²) in [4.78, 5) is 10.6. The lowest BCUT2D eigenvalue weighted by Crippen LogP contribution is -2.10. The second-order valence-corrected chi connectivity index (χ2v) is 3.37. The summed E-state index contributed by atoms with van der Waals surface area (Å²) in [7, 11) is 0. The van der Waals surface area contributed by atoms with Gasteiger partial charge in [-0.2, -0.15) is 13.2 Å². The molecule has 0 aliphatic heterocycles. The Morgan fingerprint density at radius 3 is 2.31 bits per heavy atom. The highest BCUT2D eigenvalue weighted by Gasteiger charge is 2.32. The number of aromatic hydroxyl groups is 1. The van der Waals surface area contributed by atoms with Gasteiger partial charge in [0.25, 0.3) is 0 Å². The molecule has 0 bridgehead atoms. The third kappa shape index (κ3) is 2.65. The predicted molar refractivity (Wildman–Crippen MR) is 49.2 cm³/mol. The van der Waals surface area contributed by atoms with E-state index in [-0.39, 0.29) is 5.56 Å². The lowest BCUT2D eigenvalue weighted by Gasteiger charge is -2.12. The van der Waals surface area contributed by atoms with E-state index < -0.39 is 29.4 Å². The fourth-order valence-electron chi connectivity index (χ4n) is 1.19. The molecule has 0 amide bonds. The summed E-state index contributed by atoms with van der Waals surface area (Å²) in [5, 5.41) is 17.8. The Morgan fingerprint density at radius 1 is 1.31 bits per heavy atom. The number of phenols is 1. The van der Waals surface area contributed by atoms with Crippen LogP contribution in [0.15, 0.2) is 18.2 Å². The fraction of sp³-hybridized carbons (Fsp3) is 0.300. The summed E-state index contributed by atoms with van der Waals surface area (Å²) in [5.41, 5.74) is -1.14. The van der Waals surface area contributed by atoms with Crippen molar-refractivity contribution in [3.05, 3.63) is 29.3 Å². The predicted octanol–water partition coefficient (Wildman–Crippen LogP) is 2.60.